The highest BCUT2D eigenvalue weighted by Crippen LogP contribution is 2.51. The fraction of sp³-hybridized carbons (Fsp3) is 0. The van der Waals surface area contributed by atoms with Crippen molar-refractivity contribution in [3.63, 3.8) is 0 Å². The standard InChI is InChI=1S/C58H37NOS/c1-3-12-38(13-4-1)40-22-27-45(28-23-40)59(46-29-24-41(25-30-46)48-19-11-20-52-51-18-9-10-21-57(51)61-58(48)52)47-31-33-50-54-35-43-17-8-7-16-42(43)34-53(54)49-32-26-44(39-14-5-2-6-15-39)36-55(49)60-56(50)37-47/h1-37H. The highest BCUT2D eigenvalue weighted by Gasteiger charge is 2.24. The second-order valence-electron chi connectivity index (χ2n) is 15.7. The molecule has 11 aromatic rings. The molecule has 0 N–H and O–H groups in total. The summed E-state index contributed by atoms with van der Waals surface area (Å²) in [5.41, 5.74) is 14.7. The Morgan fingerprint density at radius 2 is 0.820 bits per heavy atom. The molecule has 0 radical (unpaired) electrons. The summed E-state index contributed by atoms with van der Waals surface area (Å²) in [6.45, 7) is 0. The van der Waals surface area contributed by atoms with E-state index in [2.05, 4.69) is 229 Å². The Labute approximate surface area is 358 Å². The molecular formula is C58H37NOS. The van der Waals surface area contributed by atoms with E-state index in [0.29, 0.717) is 0 Å². The molecule has 0 unspecified atom stereocenters. The molecule has 61 heavy (non-hydrogen) atoms. The second kappa shape index (κ2) is 14.5. The van der Waals surface area contributed by atoms with Gasteiger partial charge in [-0.25, -0.2) is 0 Å². The molecule has 0 bridgehead atoms. The number of hydrogen-bond donors (Lipinski definition) is 0. The van der Waals surface area contributed by atoms with Crippen molar-refractivity contribution in [1.82, 2.24) is 0 Å². The summed E-state index contributed by atoms with van der Waals surface area (Å²) in [5.74, 6) is 1.66. The third kappa shape index (κ3) is 6.18. The van der Waals surface area contributed by atoms with Gasteiger partial charge in [-0.15, -0.1) is 11.3 Å². The van der Waals surface area contributed by atoms with Crippen molar-refractivity contribution in [3.8, 4) is 67.1 Å². The normalized spacial score (nSPS) is 11.7. The van der Waals surface area contributed by atoms with Gasteiger partial charge in [0.25, 0.3) is 0 Å². The number of anilines is 3. The van der Waals surface area contributed by atoms with Gasteiger partial charge in [-0.1, -0.05) is 152 Å². The topological polar surface area (TPSA) is 12.5 Å². The maximum absolute atomic E-state index is 7.13. The molecule has 0 saturated heterocycles. The zero-order valence-electron chi connectivity index (χ0n) is 33.1. The lowest BCUT2D eigenvalue weighted by atomic mass is 9.90. The van der Waals surface area contributed by atoms with Crippen LogP contribution in [0.3, 0.4) is 0 Å². The van der Waals surface area contributed by atoms with Gasteiger partial charge in [-0.3, -0.25) is 0 Å². The van der Waals surface area contributed by atoms with E-state index < -0.39 is 0 Å². The van der Waals surface area contributed by atoms with Crippen LogP contribution in [0.4, 0.5) is 17.1 Å². The lowest BCUT2D eigenvalue weighted by Crippen LogP contribution is -2.10. The second-order valence-corrected chi connectivity index (χ2v) is 16.7. The quantitative estimate of drug-likeness (QED) is 0.166. The molecule has 0 spiro atoms. The molecule has 10 aromatic carbocycles. The average Bonchev–Trinajstić information content (AvgIpc) is 3.66. The fourth-order valence-corrected chi connectivity index (χ4v) is 10.3. The highest BCUT2D eigenvalue weighted by molar-refractivity contribution is 7.26. The first-order chi connectivity index (χ1) is 30.2. The summed E-state index contributed by atoms with van der Waals surface area (Å²) < 4.78 is 9.76. The largest absolute Gasteiger partial charge is 0.456 e. The molecule has 12 rings (SSSR count). The smallest absolute Gasteiger partial charge is 0.137 e. The van der Waals surface area contributed by atoms with Crippen LogP contribution < -0.4 is 9.64 Å². The maximum Gasteiger partial charge on any atom is 0.137 e. The first-order valence-corrected chi connectivity index (χ1v) is 21.5. The molecule has 0 fully saturated rings. The summed E-state index contributed by atoms with van der Waals surface area (Å²) in [6.07, 6.45) is 0. The Bertz CT molecular complexity index is 3420. The summed E-state index contributed by atoms with van der Waals surface area (Å²) in [4.78, 5) is 2.34. The van der Waals surface area contributed by atoms with E-state index in [-0.39, 0.29) is 0 Å². The first kappa shape index (κ1) is 35.2. The summed E-state index contributed by atoms with van der Waals surface area (Å²) in [7, 11) is 0. The Morgan fingerprint density at radius 1 is 0.311 bits per heavy atom. The Hall–Kier alpha value is -7.72. The summed E-state index contributed by atoms with van der Waals surface area (Å²) in [5, 5.41) is 5.02. The van der Waals surface area contributed by atoms with Crippen LogP contribution in [0.1, 0.15) is 0 Å². The SMILES string of the molecule is c1ccc(-c2ccc(N(c3ccc(-c4cccc5c4sc4ccccc45)cc3)c3ccc4c(c3)Oc3cc(-c5ccccc5)ccc3-c3cc5ccccc5cc3-4)cc2)cc1. The third-order valence-corrected chi connectivity index (χ3v) is 13.3. The third-order valence-electron chi connectivity index (χ3n) is 12.1. The number of benzene rings is 10. The Balaban J connectivity index is 1.01. The molecule has 0 saturated carbocycles. The molecular weight excluding hydrogens is 759 g/mol. The van der Waals surface area contributed by atoms with Gasteiger partial charge in [0.1, 0.15) is 11.5 Å². The number of nitrogens with zero attached hydrogens (tertiary/aromatic N) is 1. The molecule has 1 aliphatic heterocycles. The highest BCUT2D eigenvalue weighted by atomic mass is 32.1. The minimum atomic E-state index is 0.817. The van der Waals surface area contributed by atoms with E-state index in [1.807, 2.05) is 11.3 Å². The van der Waals surface area contributed by atoms with Crippen molar-refractivity contribution in [2.75, 3.05) is 4.90 Å². The van der Waals surface area contributed by atoms with Gasteiger partial charge in [0, 0.05) is 54.4 Å². The van der Waals surface area contributed by atoms with E-state index in [0.717, 1.165) is 61.9 Å². The zero-order chi connectivity index (χ0) is 40.3. The van der Waals surface area contributed by atoms with Crippen molar-refractivity contribution in [2.24, 2.45) is 0 Å². The average molecular weight is 796 g/mol. The molecule has 286 valence electrons. The number of fused-ring (bicyclic) bond motifs is 9. The van der Waals surface area contributed by atoms with Crippen LogP contribution in [0.25, 0.3) is 86.6 Å². The van der Waals surface area contributed by atoms with Gasteiger partial charge in [-0.2, -0.15) is 0 Å². The lowest BCUT2D eigenvalue weighted by molar-refractivity contribution is 0.488. The molecule has 0 atom stereocenters. The summed E-state index contributed by atoms with van der Waals surface area (Å²) in [6, 6.07) is 81.0. The molecule has 1 aliphatic rings. The zero-order valence-corrected chi connectivity index (χ0v) is 33.9. The van der Waals surface area contributed by atoms with Gasteiger partial charge >= 0.3 is 0 Å². The van der Waals surface area contributed by atoms with Crippen LogP contribution >= 0.6 is 11.3 Å². The fourth-order valence-electron chi connectivity index (χ4n) is 9.05. The van der Waals surface area contributed by atoms with Crippen molar-refractivity contribution >= 4 is 59.3 Å². The molecule has 0 amide bonds. The van der Waals surface area contributed by atoms with Crippen molar-refractivity contribution < 1.29 is 4.74 Å². The monoisotopic (exact) mass is 795 g/mol. The number of rotatable bonds is 6. The van der Waals surface area contributed by atoms with Crippen LogP contribution in [-0.4, -0.2) is 0 Å². The number of thiophene rings is 1. The predicted octanol–water partition coefficient (Wildman–Crippen LogP) is 17.1. The molecule has 2 nitrogen and oxygen atoms in total. The van der Waals surface area contributed by atoms with Crippen LogP contribution in [0.2, 0.25) is 0 Å². The van der Waals surface area contributed by atoms with Gasteiger partial charge in [0.15, 0.2) is 0 Å². The molecule has 2 heterocycles. The van der Waals surface area contributed by atoms with E-state index in [1.165, 1.54) is 53.2 Å². The number of ether oxygens (including phenoxy) is 1. The Kier molecular flexibility index (Phi) is 8.39. The van der Waals surface area contributed by atoms with E-state index in [4.69, 9.17) is 4.74 Å². The van der Waals surface area contributed by atoms with Gasteiger partial charge in [0.2, 0.25) is 0 Å². The number of hydrogen-bond acceptors (Lipinski definition) is 3. The van der Waals surface area contributed by atoms with E-state index in [1.54, 1.807) is 0 Å². The maximum atomic E-state index is 7.13. The van der Waals surface area contributed by atoms with Crippen molar-refractivity contribution in [1.29, 1.82) is 0 Å². The molecule has 0 aliphatic carbocycles. The van der Waals surface area contributed by atoms with E-state index >= 15 is 0 Å². The minimum Gasteiger partial charge on any atom is -0.456 e. The van der Waals surface area contributed by atoms with Gasteiger partial charge in [0.05, 0.1) is 0 Å². The van der Waals surface area contributed by atoms with Crippen LogP contribution in [0.5, 0.6) is 11.5 Å². The predicted molar refractivity (Wildman–Crippen MR) is 259 cm³/mol. The van der Waals surface area contributed by atoms with Crippen LogP contribution in [0, 0.1) is 0 Å². The van der Waals surface area contributed by atoms with E-state index in [9.17, 15) is 0 Å². The van der Waals surface area contributed by atoms with Gasteiger partial charge in [-0.05, 0) is 122 Å². The molecule has 3 heteroatoms. The van der Waals surface area contributed by atoms with Crippen LogP contribution in [0.15, 0.2) is 224 Å². The molecule has 1 aromatic heterocycles. The Morgan fingerprint density at radius 3 is 1.51 bits per heavy atom. The first-order valence-electron chi connectivity index (χ1n) is 20.7. The minimum absolute atomic E-state index is 0.817. The summed E-state index contributed by atoms with van der Waals surface area (Å²) >= 11 is 1.87. The lowest BCUT2D eigenvalue weighted by Gasteiger charge is -2.27. The van der Waals surface area contributed by atoms with Crippen molar-refractivity contribution in [2.45, 2.75) is 0 Å². The van der Waals surface area contributed by atoms with Crippen molar-refractivity contribution in [3.05, 3.63) is 224 Å². The van der Waals surface area contributed by atoms with Gasteiger partial charge < -0.3 is 9.64 Å². The van der Waals surface area contributed by atoms with Crippen LogP contribution in [-0.2, 0) is 0 Å².